The van der Waals surface area contributed by atoms with Gasteiger partial charge in [0.15, 0.2) is 5.03 Å². The fourth-order valence-corrected chi connectivity index (χ4v) is 2.51. The summed E-state index contributed by atoms with van der Waals surface area (Å²) >= 11 is 0. The average Bonchev–Trinajstić information content (AvgIpc) is 2.83. The van der Waals surface area contributed by atoms with Gasteiger partial charge >= 0.3 is 5.97 Å². The van der Waals surface area contributed by atoms with Gasteiger partial charge in [-0.15, -0.1) is 0 Å². The lowest BCUT2D eigenvalue weighted by atomic mass is 10.2. The van der Waals surface area contributed by atoms with E-state index in [1.807, 2.05) is 0 Å². The second kappa shape index (κ2) is 7.18. The van der Waals surface area contributed by atoms with E-state index in [0.717, 1.165) is 0 Å². The van der Waals surface area contributed by atoms with Gasteiger partial charge < -0.3 is 15.0 Å². The number of hydrogen-bond acceptors (Lipinski definition) is 5. The molecule has 0 saturated heterocycles. The van der Waals surface area contributed by atoms with Gasteiger partial charge in [0.25, 0.3) is 10.0 Å². The van der Waals surface area contributed by atoms with Crippen molar-refractivity contribution in [2.75, 3.05) is 6.54 Å². The molecule has 1 aromatic heterocycles. The molecule has 1 heterocycles. The highest BCUT2D eigenvalue weighted by Gasteiger charge is 2.21. The Balaban J connectivity index is 2.58. The minimum atomic E-state index is -3.89. The van der Waals surface area contributed by atoms with Crippen molar-refractivity contribution >= 4 is 21.9 Å². The van der Waals surface area contributed by atoms with Gasteiger partial charge in [0.1, 0.15) is 6.04 Å². The Bertz CT molecular complexity index is 610. The first-order valence-corrected chi connectivity index (χ1v) is 7.74. The van der Waals surface area contributed by atoms with Crippen LogP contribution in [0.15, 0.2) is 17.6 Å². The molecule has 0 saturated carbocycles. The van der Waals surface area contributed by atoms with Crippen molar-refractivity contribution in [3.05, 3.63) is 12.5 Å². The van der Waals surface area contributed by atoms with Crippen LogP contribution >= 0.6 is 0 Å². The molecule has 0 aliphatic rings. The van der Waals surface area contributed by atoms with E-state index in [0.29, 0.717) is 6.42 Å². The van der Waals surface area contributed by atoms with E-state index in [4.69, 9.17) is 5.11 Å². The lowest BCUT2D eigenvalue weighted by molar-refractivity contribution is -0.141. The third-order valence-corrected chi connectivity index (χ3v) is 3.88. The molecular formula is C11H18N4O5S. The second-order valence-electron chi connectivity index (χ2n) is 4.45. The molecule has 9 nitrogen and oxygen atoms in total. The third-order valence-electron chi connectivity index (χ3n) is 2.59. The van der Waals surface area contributed by atoms with E-state index >= 15 is 0 Å². The molecule has 0 bridgehead atoms. The summed E-state index contributed by atoms with van der Waals surface area (Å²) in [4.78, 5) is 26.1. The predicted molar refractivity (Wildman–Crippen MR) is 72.9 cm³/mol. The molecule has 3 N–H and O–H groups in total. The van der Waals surface area contributed by atoms with Crippen LogP contribution in [-0.2, 0) is 26.7 Å². The van der Waals surface area contributed by atoms with E-state index < -0.39 is 34.5 Å². The number of aryl methyl sites for hydroxylation is 1. The van der Waals surface area contributed by atoms with Crippen LogP contribution in [0, 0.1) is 0 Å². The van der Waals surface area contributed by atoms with Crippen molar-refractivity contribution in [2.24, 2.45) is 7.05 Å². The van der Waals surface area contributed by atoms with Gasteiger partial charge in [-0.3, -0.25) is 4.79 Å². The highest BCUT2D eigenvalue weighted by atomic mass is 32.2. The van der Waals surface area contributed by atoms with Crippen LogP contribution in [0.5, 0.6) is 0 Å². The SMILES string of the molecule is CCCC(NC(=O)CNS(=O)(=O)c1cn(C)cn1)C(=O)O. The number of carbonyl (C=O) groups excluding carboxylic acids is 1. The Labute approximate surface area is 122 Å². The number of aromatic nitrogens is 2. The standard InChI is InChI=1S/C11H18N4O5S/c1-3-4-8(11(17)18)14-9(16)5-13-21(19,20)10-6-15(2)7-12-10/h6-8,13H,3-5H2,1-2H3,(H,14,16)(H,17,18). The van der Waals surface area contributed by atoms with Crippen molar-refractivity contribution in [2.45, 2.75) is 30.8 Å². The topological polar surface area (TPSA) is 130 Å². The van der Waals surface area contributed by atoms with Crippen molar-refractivity contribution in [3.8, 4) is 0 Å². The number of amides is 1. The quantitative estimate of drug-likeness (QED) is 0.567. The number of carboxylic acid groups (broad SMARTS) is 1. The van der Waals surface area contributed by atoms with Crippen LogP contribution in [-0.4, -0.2) is 47.5 Å². The van der Waals surface area contributed by atoms with Crippen molar-refractivity contribution in [1.82, 2.24) is 19.6 Å². The minimum Gasteiger partial charge on any atom is -0.480 e. The van der Waals surface area contributed by atoms with E-state index in [1.165, 1.54) is 17.1 Å². The fourth-order valence-electron chi connectivity index (χ4n) is 1.55. The fraction of sp³-hybridized carbons (Fsp3) is 0.545. The Hall–Kier alpha value is -1.94. The molecule has 1 aromatic rings. The van der Waals surface area contributed by atoms with E-state index in [2.05, 4.69) is 15.0 Å². The molecule has 0 radical (unpaired) electrons. The van der Waals surface area contributed by atoms with Crippen LogP contribution in [0.3, 0.4) is 0 Å². The molecule has 118 valence electrons. The first kappa shape index (κ1) is 17.1. The van der Waals surface area contributed by atoms with Gasteiger partial charge in [0.2, 0.25) is 5.91 Å². The average molecular weight is 318 g/mol. The molecule has 1 amide bonds. The summed E-state index contributed by atoms with van der Waals surface area (Å²) in [6, 6.07) is -1.03. The molecule has 0 spiro atoms. The summed E-state index contributed by atoms with van der Waals surface area (Å²) in [7, 11) is -2.28. The van der Waals surface area contributed by atoms with Gasteiger partial charge in [0, 0.05) is 13.2 Å². The van der Waals surface area contributed by atoms with Crippen LogP contribution in [0.1, 0.15) is 19.8 Å². The summed E-state index contributed by atoms with van der Waals surface area (Å²) in [5.74, 6) is -1.87. The molecule has 0 fully saturated rings. The Kier molecular flexibility index (Phi) is 5.85. The third kappa shape index (κ3) is 5.16. The van der Waals surface area contributed by atoms with E-state index in [9.17, 15) is 18.0 Å². The molecule has 0 aliphatic carbocycles. The number of imidazole rings is 1. The maximum Gasteiger partial charge on any atom is 0.326 e. The smallest absolute Gasteiger partial charge is 0.326 e. The summed E-state index contributed by atoms with van der Waals surface area (Å²) in [5.41, 5.74) is 0. The number of carbonyl (C=O) groups is 2. The summed E-state index contributed by atoms with van der Waals surface area (Å²) in [5, 5.41) is 10.9. The zero-order chi connectivity index (χ0) is 16.0. The van der Waals surface area contributed by atoms with E-state index in [-0.39, 0.29) is 11.4 Å². The van der Waals surface area contributed by atoms with Crippen molar-refractivity contribution < 1.29 is 23.1 Å². The van der Waals surface area contributed by atoms with Gasteiger partial charge in [-0.05, 0) is 6.42 Å². The van der Waals surface area contributed by atoms with Crippen molar-refractivity contribution in [1.29, 1.82) is 0 Å². The maximum absolute atomic E-state index is 11.8. The number of sulfonamides is 1. The van der Waals surface area contributed by atoms with Gasteiger partial charge in [-0.25, -0.2) is 22.9 Å². The molecule has 1 unspecified atom stereocenters. The number of hydrogen-bond donors (Lipinski definition) is 3. The first-order chi connectivity index (χ1) is 9.76. The van der Waals surface area contributed by atoms with Gasteiger partial charge in [0.05, 0.1) is 12.9 Å². The Morgan fingerprint density at radius 1 is 1.48 bits per heavy atom. The normalized spacial score (nSPS) is 12.9. The number of aliphatic carboxylic acids is 1. The van der Waals surface area contributed by atoms with Gasteiger partial charge in [-0.2, -0.15) is 0 Å². The second-order valence-corrected chi connectivity index (χ2v) is 6.16. The van der Waals surface area contributed by atoms with Crippen LogP contribution in [0.2, 0.25) is 0 Å². The highest BCUT2D eigenvalue weighted by molar-refractivity contribution is 7.89. The van der Waals surface area contributed by atoms with Gasteiger partial charge in [-0.1, -0.05) is 13.3 Å². The molecule has 1 rings (SSSR count). The number of nitrogens with one attached hydrogen (secondary N) is 2. The maximum atomic E-state index is 11.8. The molecule has 0 aliphatic heterocycles. The Morgan fingerprint density at radius 3 is 2.62 bits per heavy atom. The number of carboxylic acids is 1. The van der Waals surface area contributed by atoms with Crippen LogP contribution in [0.4, 0.5) is 0 Å². The zero-order valence-electron chi connectivity index (χ0n) is 11.7. The van der Waals surface area contributed by atoms with Crippen LogP contribution < -0.4 is 10.0 Å². The number of nitrogens with zero attached hydrogens (tertiary/aromatic N) is 2. The Morgan fingerprint density at radius 2 is 2.14 bits per heavy atom. The largest absolute Gasteiger partial charge is 0.480 e. The molecule has 1 atom stereocenters. The summed E-state index contributed by atoms with van der Waals surface area (Å²) in [6.45, 7) is 1.23. The predicted octanol–water partition coefficient (Wildman–Crippen LogP) is -0.932. The number of rotatable bonds is 8. The lowest BCUT2D eigenvalue weighted by Crippen LogP contribution is -2.45. The first-order valence-electron chi connectivity index (χ1n) is 6.26. The summed E-state index contributed by atoms with van der Waals surface area (Å²) < 4.78 is 27.1. The van der Waals surface area contributed by atoms with Crippen LogP contribution in [0.25, 0.3) is 0 Å². The highest BCUT2D eigenvalue weighted by Crippen LogP contribution is 2.03. The monoisotopic (exact) mass is 318 g/mol. The zero-order valence-corrected chi connectivity index (χ0v) is 12.6. The minimum absolute atomic E-state index is 0.207. The molecular weight excluding hydrogens is 300 g/mol. The summed E-state index contributed by atoms with van der Waals surface area (Å²) in [6.07, 6.45) is 3.46. The van der Waals surface area contributed by atoms with E-state index in [1.54, 1.807) is 14.0 Å². The molecule has 10 heteroatoms. The van der Waals surface area contributed by atoms with Crippen molar-refractivity contribution in [3.63, 3.8) is 0 Å². The molecule has 21 heavy (non-hydrogen) atoms. The lowest BCUT2D eigenvalue weighted by Gasteiger charge is -2.13. The molecule has 0 aromatic carbocycles.